The van der Waals surface area contributed by atoms with Gasteiger partial charge in [0.05, 0.1) is 11.5 Å². The number of hydrogen-bond donors (Lipinski definition) is 3. The molecule has 9 heteroatoms. The molecule has 142 valence electrons. The maximum absolute atomic E-state index is 10.3. The molecule has 0 radical (unpaired) electrons. The summed E-state index contributed by atoms with van der Waals surface area (Å²) in [6.07, 6.45) is 2.84. The fraction of sp³-hybridized carbons (Fsp3) is 0.389. The molecule has 0 spiro atoms. The third-order valence-electron chi connectivity index (χ3n) is 4.71. The van der Waals surface area contributed by atoms with Gasteiger partial charge in [-0.2, -0.15) is 0 Å². The molecule has 0 saturated carbocycles. The lowest BCUT2D eigenvalue weighted by molar-refractivity contribution is -0.0297. The van der Waals surface area contributed by atoms with Crippen LogP contribution in [0, 0.1) is 3.57 Å². The number of nitrogens with zero attached hydrogens (tertiary/aromatic N) is 4. The van der Waals surface area contributed by atoms with E-state index in [1.165, 1.54) is 6.33 Å². The molecular weight excluding hydrogens is 461 g/mol. The van der Waals surface area contributed by atoms with E-state index in [4.69, 9.17) is 4.74 Å². The summed E-state index contributed by atoms with van der Waals surface area (Å²) < 4.78 is 8.45. The molecule has 1 aliphatic heterocycles. The molecule has 1 fully saturated rings. The van der Waals surface area contributed by atoms with Crippen LogP contribution in [0.5, 0.6) is 0 Å². The van der Waals surface area contributed by atoms with Crippen molar-refractivity contribution >= 4 is 39.4 Å². The lowest BCUT2D eigenvalue weighted by Gasteiger charge is -2.17. The lowest BCUT2D eigenvalue weighted by atomic mass is 10.1. The van der Waals surface area contributed by atoms with Gasteiger partial charge in [-0.05, 0) is 41.6 Å². The molecule has 0 aromatic carbocycles. The Morgan fingerprint density at radius 3 is 2.78 bits per heavy atom. The van der Waals surface area contributed by atoms with E-state index in [1.54, 1.807) is 17.7 Å². The van der Waals surface area contributed by atoms with Gasteiger partial charge in [0.1, 0.15) is 30.0 Å². The predicted molar refractivity (Wildman–Crippen MR) is 108 cm³/mol. The fourth-order valence-corrected chi connectivity index (χ4v) is 4.08. The number of aliphatic hydroxyl groups is 2. The summed E-state index contributed by atoms with van der Waals surface area (Å²) >= 11 is 2.22. The van der Waals surface area contributed by atoms with E-state index in [9.17, 15) is 10.2 Å². The Kier molecular flexibility index (Phi) is 5.26. The number of hydrogen-bond acceptors (Lipinski definition) is 7. The van der Waals surface area contributed by atoms with Gasteiger partial charge in [-0.1, -0.05) is 6.07 Å². The van der Waals surface area contributed by atoms with E-state index >= 15 is 0 Å². The second-order valence-electron chi connectivity index (χ2n) is 6.52. The summed E-state index contributed by atoms with van der Waals surface area (Å²) in [6.45, 7) is 2.42. The van der Waals surface area contributed by atoms with Gasteiger partial charge >= 0.3 is 0 Å². The molecule has 1 saturated heterocycles. The number of ether oxygens (including phenoxy) is 1. The molecule has 8 nitrogen and oxygen atoms in total. The van der Waals surface area contributed by atoms with E-state index in [1.807, 2.05) is 24.4 Å². The van der Waals surface area contributed by atoms with Crippen LogP contribution in [0.2, 0.25) is 0 Å². The molecule has 0 unspecified atom stereocenters. The highest BCUT2D eigenvalue weighted by atomic mass is 127. The smallest absolute Gasteiger partial charge is 0.164 e. The van der Waals surface area contributed by atoms with Gasteiger partial charge in [0.25, 0.3) is 0 Å². The number of aliphatic hydroxyl groups excluding tert-OH is 2. The van der Waals surface area contributed by atoms with Crippen LogP contribution < -0.4 is 5.32 Å². The van der Waals surface area contributed by atoms with Crippen molar-refractivity contribution < 1.29 is 14.9 Å². The first-order valence-corrected chi connectivity index (χ1v) is 9.80. The fourth-order valence-electron chi connectivity index (χ4n) is 3.28. The Hall–Kier alpha value is -1.82. The second kappa shape index (κ2) is 7.66. The van der Waals surface area contributed by atoms with Crippen molar-refractivity contribution in [3.63, 3.8) is 0 Å². The number of anilines is 1. The van der Waals surface area contributed by atoms with Crippen LogP contribution in [0.3, 0.4) is 0 Å². The minimum absolute atomic E-state index is 0.446. The quantitative estimate of drug-likeness (QED) is 0.477. The normalized spacial score (nSPS) is 25.2. The summed E-state index contributed by atoms with van der Waals surface area (Å²) in [4.78, 5) is 13.1. The van der Waals surface area contributed by atoms with Gasteiger partial charge in [0, 0.05) is 34.6 Å². The number of nitrogens with one attached hydrogen (secondary N) is 1. The monoisotopic (exact) mass is 481 g/mol. The van der Waals surface area contributed by atoms with Crippen LogP contribution in [-0.2, 0) is 11.2 Å². The van der Waals surface area contributed by atoms with E-state index in [0.717, 1.165) is 26.9 Å². The summed E-state index contributed by atoms with van der Waals surface area (Å²) in [5.41, 5.74) is 1.66. The first-order valence-electron chi connectivity index (χ1n) is 8.72. The Morgan fingerprint density at radius 1 is 1.22 bits per heavy atom. The van der Waals surface area contributed by atoms with Crippen molar-refractivity contribution in [3.8, 4) is 0 Å². The zero-order chi connectivity index (χ0) is 19.0. The SMILES string of the molecule is C[C@H]1O[C@@H](n2cc(I)c3c(NCCc4ccccn4)ncnc32)[C@H](O)[C@@H]1O. The minimum atomic E-state index is -1.01. The number of halogens is 1. The number of rotatable bonds is 5. The third kappa shape index (κ3) is 3.51. The highest BCUT2D eigenvalue weighted by molar-refractivity contribution is 14.1. The number of aromatic nitrogens is 4. The summed E-state index contributed by atoms with van der Waals surface area (Å²) in [5, 5.41) is 24.5. The zero-order valence-corrected chi connectivity index (χ0v) is 16.8. The average molecular weight is 481 g/mol. The van der Waals surface area contributed by atoms with Gasteiger partial charge in [-0.3, -0.25) is 4.98 Å². The standard InChI is InChI=1S/C18H20IN5O3/c1-10-14(25)15(26)18(27-10)24-8-12(19)13-16(22-9-23-17(13)24)21-7-5-11-4-2-3-6-20-11/h2-4,6,8-10,14-15,18,25-26H,5,7H2,1H3,(H,21,22,23)/t10-,14-,15-,18-/m1/s1. The van der Waals surface area contributed by atoms with Crippen molar-refractivity contribution in [2.75, 3.05) is 11.9 Å². The largest absolute Gasteiger partial charge is 0.388 e. The Balaban J connectivity index is 1.59. The zero-order valence-electron chi connectivity index (χ0n) is 14.7. The van der Waals surface area contributed by atoms with Gasteiger partial charge in [-0.15, -0.1) is 0 Å². The van der Waals surface area contributed by atoms with E-state index in [-0.39, 0.29) is 0 Å². The molecule has 1 aliphatic rings. The maximum Gasteiger partial charge on any atom is 0.164 e. The predicted octanol–water partition coefficient (Wildman–Crippen LogP) is 1.72. The van der Waals surface area contributed by atoms with E-state index < -0.39 is 24.5 Å². The Morgan fingerprint density at radius 2 is 2.07 bits per heavy atom. The number of pyridine rings is 1. The molecule has 4 atom stereocenters. The Labute approximate surface area is 169 Å². The third-order valence-corrected chi connectivity index (χ3v) is 5.53. The summed E-state index contributed by atoms with van der Waals surface area (Å²) in [5.74, 6) is 0.722. The van der Waals surface area contributed by atoms with Crippen molar-refractivity contribution in [1.82, 2.24) is 19.5 Å². The number of fused-ring (bicyclic) bond motifs is 1. The Bertz CT molecular complexity index is 935. The maximum atomic E-state index is 10.3. The van der Waals surface area contributed by atoms with Gasteiger partial charge in [0.2, 0.25) is 0 Å². The molecule has 0 aliphatic carbocycles. The average Bonchev–Trinajstić information content (AvgIpc) is 3.15. The first-order chi connectivity index (χ1) is 13.1. The molecule has 27 heavy (non-hydrogen) atoms. The van der Waals surface area contributed by atoms with E-state index in [2.05, 4.69) is 42.9 Å². The van der Waals surface area contributed by atoms with Gasteiger partial charge in [0.15, 0.2) is 6.23 Å². The van der Waals surface area contributed by atoms with Crippen LogP contribution in [0.15, 0.2) is 36.9 Å². The highest BCUT2D eigenvalue weighted by Gasteiger charge is 2.42. The first kappa shape index (κ1) is 18.5. The van der Waals surface area contributed by atoms with Crippen LogP contribution in [0.25, 0.3) is 11.0 Å². The summed E-state index contributed by atoms with van der Waals surface area (Å²) in [7, 11) is 0. The van der Waals surface area contributed by atoms with Crippen LogP contribution >= 0.6 is 22.6 Å². The lowest BCUT2D eigenvalue weighted by Crippen LogP contribution is -2.30. The minimum Gasteiger partial charge on any atom is -0.388 e. The van der Waals surface area contributed by atoms with Crippen LogP contribution in [0.1, 0.15) is 18.8 Å². The molecule has 0 amide bonds. The van der Waals surface area contributed by atoms with Crippen LogP contribution in [0.4, 0.5) is 5.82 Å². The van der Waals surface area contributed by atoms with Crippen LogP contribution in [-0.4, -0.2) is 54.6 Å². The second-order valence-corrected chi connectivity index (χ2v) is 7.68. The molecule has 4 rings (SSSR count). The molecule has 0 bridgehead atoms. The van der Waals surface area contributed by atoms with Gasteiger partial charge in [-0.25, -0.2) is 9.97 Å². The van der Waals surface area contributed by atoms with Crippen molar-refractivity contribution in [2.24, 2.45) is 0 Å². The van der Waals surface area contributed by atoms with Crippen molar-refractivity contribution in [2.45, 2.75) is 37.9 Å². The van der Waals surface area contributed by atoms with E-state index in [0.29, 0.717) is 12.2 Å². The van der Waals surface area contributed by atoms with Crippen molar-refractivity contribution in [1.29, 1.82) is 0 Å². The molecule has 3 N–H and O–H groups in total. The molecule has 3 aromatic rings. The molecule has 4 heterocycles. The molecule has 3 aromatic heterocycles. The summed E-state index contributed by atoms with van der Waals surface area (Å²) in [6, 6.07) is 5.85. The molecular formula is C18H20IN5O3. The van der Waals surface area contributed by atoms with Crippen molar-refractivity contribution in [3.05, 3.63) is 46.2 Å². The van der Waals surface area contributed by atoms with Gasteiger partial charge < -0.3 is 24.8 Å². The highest BCUT2D eigenvalue weighted by Crippen LogP contribution is 2.35. The topological polar surface area (TPSA) is 105 Å².